The van der Waals surface area contributed by atoms with E-state index < -0.39 is 6.03 Å². The molecule has 0 saturated heterocycles. The zero-order chi connectivity index (χ0) is 15.4. The Bertz CT molecular complexity index is 664. The maximum absolute atomic E-state index is 12.2. The lowest BCUT2D eigenvalue weighted by Crippen LogP contribution is -2.26. The number of aryl methyl sites for hydroxylation is 1. The summed E-state index contributed by atoms with van der Waals surface area (Å²) in [5, 5.41) is 5.26. The first-order chi connectivity index (χ1) is 9.95. The van der Waals surface area contributed by atoms with Gasteiger partial charge in [0.1, 0.15) is 11.5 Å². The van der Waals surface area contributed by atoms with Gasteiger partial charge in [0.25, 0.3) is 5.91 Å². The monoisotopic (exact) mass is 287 g/mol. The van der Waals surface area contributed by atoms with Crippen LogP contribution in [-0.4, -0.2) is 11.9 Å². The average Bonchev–Trinajstić information content (AvgIpc) is 2.85. The Labute approximate surface area is 122 Å². The highest BCUT2D eigenvalue weighted by Crippen LogP contribution is 2.17. The summed E-state index contributed by atoms with van der Waals surface area (Å²) < 4.78 is 5.47. The van der Waals surface area contributed by atoms with Crippen molar-refractivity contribution < 1.29 is 14.0 Å². The van der Waals surface area contributed by atoms with Crippen LogP contribution in [0, 0.1) is 6.92 Å². The average molecular weight is 287 g/mol. The van der Waals surface area contributed by atoms with Gasteiger partial charge in [-0.3, -0.25) is 4.79 Å². The van der Waals surface area contributed by atoms with Crippen LogP contribution in [0.4, 0.5) is 10.5 Å². The molecule has 0 unspecified atom stereocenters. The van der Waals surface area contributed by atoms with E-state index in [9.17, 15) is 9.59 Å². The number of nitrogens with one attached hydrogen (secondary N) is 2. The molecule has 1 atom stereocenters. The summed E-state index contributed by atoms with van der Waals surface area (Å²) >= 11 is 0. The summed E-state index contributed by atoms with van der Waals surface area (Å²) in [6.45, 7) is 3.68. The molecule has 0 radical (unpaired) electrons. The van der Waals surface area contributed by atoms with Crippen molar-refractivity contribution in [1.29, 1.82) is 0 Å². The van der Waals surface area contributed by atoms with Crippen LogP contribution in [0.2, 0.25) is 0 Å². The Hall–Kier alpha value is -2.76. The molecular formula is C15H17N3O3. The first-order valence-electron chi connectivity index (χ1n) is 6.49. The van der Waals surface area contributed by atoms with Crippen molar-refractivity contribution >= 4 is 17.6 Å². The summed E-state index contributed by atoms with van der Waals surface area (Å²) in [5.74, 6) is 1.22. The summed E-state index contributed by atoms with van der Waals surface area (Å²) in [5.41, 5.74) is 5.94. The maximum Gasteiger partial charge on any atom is 0.316 e. The molecular weight excluding hydrogens is 270 g/mol. The number of hydrogen-bond donors (Lipinski definition) is 3. The molecule has 0 fully saturated rings. The van der Waals surface area contributed by atoms with E-state index in [1.54, 1.807) is 24.3 Å². The highest BCUT2D eigenvalue weighted by molar-refractivity contribution is 5.96. The minimum absolute atomic E-state index is 0.251. The van der Waals surface area contributed by atoms with Gasteiger partial charge in [0.2, 0.25) is 0 Å². The van der Waals surface area contributed by atoms with Crippen molar-refractivity contribution in [3.05, 3.63) is 53.5 Å². The molecule has 1 aromatic heterocycles. The quantitative estimate of drug-likeness (QED) is 0.806. The predicted octanol–water partition coefficient (Wildman–Crippen LogP) is 2.57. The van der Waals surface area contributed by atoms with Gasteiger partial charge >= 0.3 is 6.03 Å². The number of benzene rings is 1. The van der Waals surface area contributed by atoms with Crippen LogP contribution in [0.3, 0.4) is 0 Å². The minimum atomic E-state index is -0.674. The van der Waals surface area contributed by atoms with Crippen LogP contribution in [0.1, 0.15) is 34.8 Å². The minimum Gasteiger partial charge on any atom is -0.464 e. The van der Waals surface area contributed by atoms with E-state index in [1.165, 1.54) is 0 Å². The molecule has 0 aliphatic carbocycles. The first-order valence-corrected chi connectivity index (χ1v) is 6.49. The largest absolute Gasteiger partial charge is 0.464 e. The molecule has 0 spiro atoms. The van der Waals surface area contributed by atoms with Gasteiger partial charge in [-0.05, 0) is 44.2 Å². The molecule has 0 bridgehead atoms. The SMILES string of the molecule is Cc1ccc([C@@H](C)NC(=O)c2cccc(NC(N)=O)c2)o1. The number of urea groups is 1. The second kappa shape index (κ2) is 6.13. The van der Waals surface area contributed by atoms with E-state index >= 15 is 0 Å². The van der Waals surface area contributed by atoms with E-state index in [0.29, 0.717) is 17.0 Å². The number of nitrogens with two attached hydrogens (primary N) is 1. The smallest absolute Gasteiger partial charge is 0.316 e. The zero-order valence-electron chi connectivity index (χ0n) is 11.8. The molecule has 1 heterocycles. The molecule has 0 aliphatic heterocycles. The molecule has 2 rings (SSSR count). The van der Waals surface area contributed by atoms with Gasteiger partial charge in [-0.2, -0.15) is 0 Å². The van der Waals surface area contributed by atoms with Crippen molar-refractivity contribution in [3.8, 4) is 0 Å². The van der Waals surface area contributed by atoms with Crippen molar-refractivity contribution in [1.82, 2.24) is 5.32 Å². The molecule has 0 aliphatic rings. The Balaban J connectivity index is 2.07. The van der Waals surface area contributed by atoms with Crippen molar-refractivity contribution in [2.45, 2.75) is 19.9 Å². The normalized spacial score (nSPS) is 11.7. The highest BCUT2D eigenvalue weighted by atomic mass is 16.3. The number of carbonyl (C=O) groups excluding carboxylic acids is 2. The van der Waals surface area contributed by atoms with E-state index in [4.69, 9.17) is 10.2 Å². The zero-order valence-corrected chi connectivity index (χ0v) is 11.8. The third-order valence-corrected chi connectivity index (χ3v) is 2.93. The van der Waals surface area contributed by atoms with Crippen LogP contribution >= 0.6 is 0 Å². The van der Waals surface area contributed by atoms with Gasteiger partial charge in [-0.25, -0.2) is 4.79 Å². The number of amides is 3. The van der Waals surface area contributed by atoms with Crippen molar-refractivity contribution in [3.63, 3.8) is 0 Å². The standard InChI is InChI=1S/C15H17N3O3/c1-9-6-7-13(21-9)10(2)17-14(19)11-4-3-5-12(8-11)18-15(16)20/h3-8,10H,1-2H3,(H,17,19)(H3,16,18,20)/t10-/m1/s1. The lowest BCUT2D eigenvalue weighted by atomic mass is 10.1. The fourth-order valence-corrected chi connectivity index (χ4v) is 1.92. The second-order valence-corrected chi connectivity index (χ2v) is 4.71. The van der Waals surface area contributed by atoms with Crippen molar-refractivity contribution in [2.75, 3.05) is 5.32 Å². The van der Waals surface area contributed by atoms with Crippen LogP contribution in [0.15, 0.2) is 40.8 Å². The fourth-order valence-electron chi connectivity index (χ4n) is 1.92. The maximum atomic E-state index is 12.2. The number of primary amides is 1. The molecule has 6 nitrogen and oxygen atoms in total. The van der Waals surface area contributed by atoms with E-state index in [0.717, 1.165) is 5.76 Å². The van der Waals surface area contributed by atoms with Crippen LogP contribution in [0.5, 0.6) is 0 Å². The first kappa shape index (κ1) is 14.6. The summed E-state index contributed by atoms with van der Waals surface area (Å²) in [4.78, 5) is 23.0. The number of carbonyl (C=O) groups is 2. The van der Waals surface area contributed by atoms with Crippen LogP contribution in [0.25, 0.3) is 0 Å². The molecule has 110 valence electrons. The lowest BCUT2D eigenvalue weighted by molar-refractivity contribution is 0.0935. The topological polar surface area (TPSA) is 97.4 Å². The molecule has 3 amide bonds. The van der Waals surface area contributed by atoms with Gasteiger partial charge in [0.05, 0.1) is 6.04 Å². The Morgan fingerprint density at radius 2 is 2.00 bits per heavy atom. The third kappa shape index (κ3) is 3.85. The number of anilines is 1. The van der Waals surface area contributed by atoms with Crippen LogP contribution < -0.4 is 16.4 Å². The predicted molar refractivity (Wildman–Crippen MR) is 79.0 cm³/mol. The number of furan rings is 1. The fraction of sp³-hybridized carbons (Fsp3) is 0.200. The van der Waals surface area contributed by atoms with E-state index in [1.807, 2.05) is 26.0 Å². The van der Waals surface area contributed by atoms with E-state index in [-0.39, 0.29) is 11.9 Å². The van der Waals surface area contributed by atoms with Gasteiger partial charge in [-0.15, -0.1) is 0 Å². The molecule has 2 aromatic rings. The van der Waals surface area contributed by atoms with Crippen LogP contribution in [-0.2, 0) is 0 Å². The van der Waals surface area contributed by atoms with Gasteiger partial charge in [0.15, 0.2) is 0 Å². The molecule has 0 saturated carbocycles. The van der Waals surface area contributed by atoms with Crippen molar-refractivity contribution in [2.24, 2.45) is 5.73 Å². The highest BCUT2D eigenvalue weighted by Gasteiger charge is 2.14. The Kier molecular flexibility index (Phi) is 4.27. The second-order valence-electron chi connectivity index (χ2n) is 4.71. The van der Waals surface area contributed by atoms with Gasteiger partial charge < -0.3 is 20.8 Å². The number of rotatable bonds is 4. The summed E-state index contributed by atoms with van der Waals surface area (Å²) in [7, 11) is 0. The molecule has 4 N–H and O–H groups in total. The van der Waals surface area contributed by atoms with Gasteiger partial charge in [0, 0.05) is 11.3 Å². The van der Waals surface area contributed by atoms with E-state index in [2.05, 4.69) is 10.6 Å². The molecule has 1 aromatic carbocycles. The van der Waals surface area contributed by atoms with Gasteiger partial charge in [-0.1, -0.05) is 6.07 Å². The third-order valence-electron chi connectivity index (χ3n) is 2.93. The Morgan fingerprint density at radius 1 is 1.24 bits per heavy atom. The summed E-state index contributed by atoms with van der Waals surface area (Å²) in [6.07, 6.45) is 0. The summed E-state index contributed by atoms with van der Waals surface area (Å²) in [6, 6.07) is 9.27. The molecule has 21 heavy (non-hydrogen) atoms. The Morgan fingerprint density at radius 3 is 2.62 bits per heavy atom. The lowest BCUT2D eigenvalue weighted by Gasteiger charge is -2.12. The number of hydrogen-bond acceptors (Lipinski definition) is 3. The molecule has 6 heteroatoms.